The lowest BCUT2D eigenvalue weighted by Crippen LogP contribution is -2.70. The lowest BCUT2D eigenvalue weighted by molar-refractivity contribution is -0.126. The Hall–Kier alpha value is -5.88. The Morgan fingerprint density at radius 1 is 0.574 bits per heavy atom. The van der Waals surface area contributed by atoms with Crippen LogP contribution in [-0.2, 0) is 27.2 Å². The number of fused-ring (bicyclic) bond motifs is 14. The Labute approximate surface area is 397 Å². The summed E-state index contributed by atoms with van der Waals surface area (Å²) >= 11 is 0. The monoisotopic (exact) mass is 964 g/mol. The number of hydrogen-bond acceptors (Lipinski definition) is 13. The second-order valence-electron chi connectivity index (χ2n) is 18.4. The molecule has 4 aromatic carbocycles. The summed E-state index contributed by atoms with van der Waals surface area (Å²) in [5.41, 5.74) is 11.0. The molecule has 0 saturated carbocycles. The van der Waals surface area contributed by atoms with Crippen molar-refractivity contribution in [1.29, 1.82) is 0 Å². The van der Waals surface area contributed by atoms with Crippen LogP contribution in [-0.4, -0.2) is 116 Å². The zero-order chi connectivity index (χ0) is 47.0. The molecule has 6 bridgehead atoms. The van der Waals surface area contributed by atoms with Gasteiger partial charge in [-0.3, -0.25) is 13.3 Å². The Balaban J connectivity index is 1.22. The van der Waals surface area contributed by atoms with Crippen molar-refractivity contribution >= 4 is 87.9 Å². The lowest BCUT2D eigenvalue weighted by Gasteiger charge is -2.43. The number of amidine groups is 4. The van der Waals surface area contributed by atoms with Gasteiger partial charge in [0.2, 0.25) is 5.91 Å². The fourth-order valence-corrected chi connectivity index (χ4v) is 21.9. The molecule has 4 aliphatic rings. The van der Waals surface area contributed by atoms with E-state index in [4.69, 9.17) is 58.1 Å². The molecule has 0 spiro atoms. The van der Waals surface area contributed by atoms with Gasteiger partial charge < -0.3 is 33.5 Å². The third-order valence-corrected chi connectivity index (χ3v) is 24.1. The van der Waals surface area contributed by atoms with Gasteiger partial charge in [0.05, 0.1) is 26.4 Å². The molecule has 16 nitrogen and oxygen atoms in total. The van der Waals surface area contributed by atoms with Crippen molar-refractivity contribution in [3.05, 3.63) is 130 Å². The minimum absolute atomic E-state index is 0.0564. The minimum Gasteiger partial charge on any atom is -0.404 e. The smallest absolute Gasteiger partial charge is 0.404 e. The van der Waals surface area contributed by atoms with Crippen LogP contribution >= 0.6 is 0 Å². The summed E-state index contributed by atoms with van der Waals surface area (Å²) in [6.07, 6.45) is 1.43. The highest BCUT2D eigenvalue weighted by Gasteiger charge is 2.57. The number of aromatic nitrogens is 2. The van der Waals surface area contributed by atoms with E-state index in [1.54, 1.807) is 7.11 Å². The number of carbonyl (C=O) groups is 1. The summed E-state index contributed by atoms with van der Waals surface area (Å²) < 4.78 is 36.9. The average molecular weight is 965 g/mol. The summed E-state index contributed by atoms with van der Waals surface area (Å²) in [5.74, 6) is 3.17. The molecular weight excluding hydrogens is 909 g/mol. The molecule has 0 fully saturated rings. The number of amides is 1. The standard InChI is InChI=1S/C49H56N10O6Si3/c1-61-26-27-62-28-29-63-32-41(60)51-25-15-31-67(4,5)65-68(64-66(2,3)30-14-24-50)58-46-37-20-10-11-21-38(37)48(58)56-44-35-18-8-9-19-36(35)45(53-44)57-49-40-23-13-12-22-39(40)47(59(49)68)55-43-34-17-7-6-16-33(34)42(52-43)54-46/h6-13,16-23H,14-15,24-32,50H2,1-5H3,(H,51,60)/b54-42-,54-46?,55-43?,55-47-,56-44-,56-48?,57-45?,57-49-. The highest BCUT2D eigenvalue weighted by molar-refractivity contribution is 6.88. The van der Waals surface area contributed by atoms with E-state index in [2.05, 4.69) is 64.2 Å². The third kappa shape index (κ3) is 8.62. The normalized spacial score (nSPS) is 19.4. The van der Waals surface area contributed by atoms with Crippen LogP contribution in [0.15, 0.2) is 127 Å². The van der Waals surface area contributed by atoms with Crippen molar-refractivity contribution in [2.75, 3.05) is 53.2 Å². The molecule has 1 amide bonds. The van der Waals surface area contributed by atoms with Crippen molar-refractivity contribution < 1.29 is 27.2 Å². The molecule has 19 heteroatoms. The summed E-state index contributed by atoms with van der Waals surface area (Å²) in [7, 11) is -8.43. The van der Waals surface area contributed by atoms with Gasteiger partial charge in [-0.1, -0.05) is 97.1 Å². The topological polar surface area (TPSA) is 185 Å². The molecule has 0 saturated heterocycles. The zero-order valence-electron chi connectivity index (χ0n) is 39.1. The van der Waals surface area contributed by atoms with Crippen molar-refractivity contribution in [1.82, 2.24) is 13.8 Å². The van der Waals surface area contributed by atoms with Crippen LogP contribution < -0.4 is 22.0 Å². The number of aliphatic imine (C=N–C) groups is 4. The van der Waals surface area contributed by atoms with Crippen LogP contribution in [0.4, 0.5) is 11.6 Å². The fraction of sp³-hybridized carbons (Fsp3) is 0.327. The average Bonchev–Trinajstić information content (AvgIpc) is 4.05. The largest absolute Gasteiger partial charge is 0.582 e. The van der Waals surface area contributed by atoms with E-state index in [1.165, 1.54) is 0 Å². The third-order valence-electron chi connectivity index (χ3n) is 12.4. The fourth-order valence-electron chi connectivity index (χ4n) is 9.31. The predicted octanol–water partition coefficient (Wildman–Crippen LogP) is 6.35. The number of nitrogens with two attached hydrogens (primary N) is 1. The molecule has 4 aliphatic heterocycles. The molecule has 1 atom stereocenters. The number of benzene rings is 4. The summed E-state index contributed by atoms with van der Waals surface area (Å²) in [4.78, 5) is 45.8. The number of ether oxygens (including phenoxy) is 3. The van der Waals surface area contributed by atoms with E-state index in [-0.39, 0.29) is 12.5 Å². The summed E-state index contributed by atoms with van der Waals surface area (Å²) in [6.45, 7) is 11.5. The van der Waals surface area contributed by atoms with E-state index in [0.717, 1.165) is 56.3 Å². The molecule has 0 radical (unpaired) electrons. The van der Waals surface area contributed by atoms with E-state index in [9.17, 15) is 4.79 Å². The quantitative estimate of drug-likeness (QED) is 0.0700. The maximum Gasteiger partial charge on any atom is 0.582 e. The van der Waals surface area contributed by atoms with Crippen molar-refractivity contribution in [2.24, 2.45) is 35.7 Å². The molecular formula is C49H56N10O6Si3. The Bertz CT molecular complexity index is 3050. The van der Waals surface area contributed by atoms with E-state index < -0.39 is 25.5 Å². The van der Waals surface area contributed by atoms with Gasteiger partial charge in [0.15, 0.2) is 40.0 Å². The van der Waals surface area contributed by atoms with Crippen molar-refractivity contribution in [3.8, 4) is 0 Å². The summed E-state index contributed by atoms with van der Waals surface area (Å²) in [6, 6.07) is 34.1. The van der Waals surface area contributed by atoms with E-state index >= 15 is 0 Å². The maximum absolute atomic E-state index is 12.9. The first-order valence-electron chi connectivity index (χ1n) is 23.3. The Kier molecular flexibility index (Phi) is 12.8. The molecule has 3 N–H and O–H groups in total. The van der Waals surface area contributed by atoms with Crippen LogP contribution in [0.1, 0.15) is 35.1 Å². The lowest BCUT2D eigenvalue weighted by atomic mass is 10.1. The Morgan fingerprint density at radius 2 is 1.01 bits per heavy atom. The van der Waals surface area contributed by atoms with Gasteiger partial charge in [0.25, 0.3) is 0 Å². The van der Waals surface area contributed by atoms with E-state index in [1.807, 2.05) is 72.8 Å². The van der Waals surface area contributed by atoms with Crippen LogP contribution in [0.5, 0.6) is 0 Å². The van der Waals surface area contributed by atoms with Gasteiger partial charge in [-0.25, -0.2) is 30.0 Å². The van der Waals surface area contributed by atoms with Gasteiger partial charge >= 0.3 is 8.88 Å². The van der Waals surface area contributed by atoms with Gasteiger partial charge in [-0.05, 0) is 57.7 Å². The molecule has 6 heterocycles. The molecule has 6 aromatic rings. The van der Waals surface area contributed by atoms with Crippen LogP contribution in [0.2, 0.25) is 38.3 Å². The van der Waals surface area contributed by atoms with Crippen molar-refractivity contribution in [3.63, 3.8) is 0 Å². The molecule has 350 valence electrons. The molecule has 68 heavy (non-hydrogen) atoms. The van der Waals surface area contributed by atoms with Gasteiger partial charge in [0, 0.05) is 57.5 Å². The van der Waals surface area contributed by atoms with Crippen LogP contribution in [0.25, 0.3) is 21.5 Å². The van der Waals surface area contributed by atoms with E-state index in [0.29, 0.717) is 97.9 Å². The SMILES string of the molecule is COCCOCCOCC(=O)NCCC[Si](C)(C)O[Si]1(O[Si](C)(C)CCCN)n2c3c4ccccc4c2/N=C2N=C(/N=c4/c5ccccc5/c(n41)=N/C1=NC(=N\3)/c3ccccc31)c1ccccc1\2. The second kappa shape index (κ2) is 18.9. The first-order chi connectivity index (χ1) is 33.0. The highest BCUT2D eigenvalue weighted by atomic mass is 28.5. The number of carbonyl (C=O) groups excluding carboxylic acids is 1. The highest BCUT2D eigenvalue weighted by Crippen LogP contribution is 2.45. The van der Waals surface area contributed by atoms with Gasteiger partial charge in [-0.2, -0.15) is 0 Å². The molecule has 0 aliphatic carbocycles. The van der Waals surface area contributed by atoms with Crippen molar-refractivity contribution in [2.45, 2.75) is 51.1 Å². The number of methoxy groups -OCH3 is 1. The number of nitrogens with zero attached hydrogens (tertiary/aromatic N) is 8. The van der Waals surface area contributed by atoms with Crippen LogP contribution in [0, 0.1) is 0 Å². The maximum atomic E-state index is 12.9. The molecule has 10 rings (SSSR count). The minimum atomic E-state index is -4.37. The Morgan fingerprint density at radius 3 is 1.51 bits per heavy atom. The second-order valence-corrected chi connectivity index (χ2v) is 30.1. The number of nitrogens with one attached hydrogen (secondary N) is 1. The number of hydrogen-bond donors (Lipinski definition) is 2. The molecule has 1 unspecified atom stereocenters. The van der Waals surface area contributed by atoms with Gasteiger partial charge in [-0.15, -0.1) is 0 Å². The van der Waals surface area contributed by atoms with Crippen LogP contribution in [0.3, 0.4) is 0 Å². The van der Waals surface area contributed by atoms with Gasteiger partial charge in [0.1, 0.15) is 29.2 Å². The summed E-state index contributed by atoms with van der Waals surface area (Å²) in [5, 5.41) is 6.51. The zero-order valence-corrected chi connectivity index (χ0v) is 42.1. The molecule has 2 aromatic heterocycles. The number of rotatable bonds is 19. The first-order valence-corrected chi connectivity index (χ1v) is 31.2. The predicted molar refractivity (Wildman–Crippen MR) is 273 cm³/mol. The first kappa shape index (κ1) is 45.9.